The molecule has 0 spiro atoms. The van der Waals surface area contributed by atoms with Crippen LogP contribution in [-0.4, -0.2) is 27.7 Å². The van der Waals surface area contributed by atoms with Gasteiger partial charge in [0.1, 0.15) is 5.82 Å². The summed E-state index contributed by atoms with van der Waals surface area (Å²) in [6.07, 6.45) is 0.883. The summed E-state index contributed by atoms with van der Waals surface area (Å²) in [7, 11) is 0. The normalized spacial score (nSPS) is 13.0. The second-order valence-electron chi connectivity index (χ2n) is 5.42. The highest BCUT2D eigenvalue weighted by atomic mass is 16.3. The first-order chi connectivity index (χ1) is 9.60. The number of aliphatic hydroxyl groups is 1. The van der Waals surface area contributed by atoms with Crippen molar-refractivity contribution in [2.24, 2.45) is 5.92 Å². The van der Waals surface area contributed by atoms with Gasteiger partial charge < -0.3 is 15.4 Å². The smallest absolute Gasteiger partial charge is 0.258 e. The molecule has 1 aromatic carbocycles. The lowest BCUT2D eigenvalue weighted by Gasteiger charge is -2.17. The maximum Gasteiger partial charge on any atom is 0.258 e. The average molecular weight is 275 g/mol. The third-order valence-electron chi connectivity index (χ3n) is 3.20. The van der Waals surface area contributed by atoms with Crippen LogP contribution in [-0.2, 0) is 6.54 Å². The van der Waals surface area contributed by atoms with Gasteiger partial charge in [0.25, 0.3) is 5.56 Å². The Hall–Kier alpha value is -1.72. The molecule has 5 heteroatoms. The van der Waals surface area contributed by atoms with Crippen LogP contribution < -0.4 is 10.9 Å². The number of aliphatic hydroxyl groups excluding tert-OH is 1. The van der Waals surface area contributed by atoms with E-state index in [1.54, 1.807) is 6.07 Å². The Morgan fingerprint density at radius 3 is 2.80 bits per heavy atom. The van der Waals surface area contributed by atoms with Gasteiger partial charge in [-0.3, -0.25) is 4.79 Å². The van der Waals surface area contributed by atoms with Crippen LogP contribution in [0.25, 0.3) is 10.9 Å². The Morgan fingerprint density at radius 1 is 1.35 bits per heavy atom. The van der Waals surface area contributed by atoms with Crippen LogP contribution in [0.1, 0.15) is 26.1 Å². The molecule has 0 radical (unpaired) electrons. The number of hydrogen-bond donors (Lipinski definition) is 3. The minimum absolute atomic E-state index is 0.0202. The van der Waals surface area contributed by atoms with Gasteiger partial charge in [0.15, 0.2) is 0 Å². The quantitative estimate of drug-likeness (QED) is 0.745. The van der Waals surface area contributed by atoms with Crippen molar-refractivity contribution >= 4 is 10.9 Å². The lowest BCUT2D eigenvalue weighted by Crippen LogP contribution is -2.34. The topological polar surface area (TPSA) is 78.0 Å². The van der Waals surface area contributed by atoms with Crippen molar-refractivity contribution in [2.75, 3.05) is 6.61 Å². The standard InChI is InChI=1S/C15H21N3O2/c1-10(2)7-11(9-19)16-8-14-17-13-6-4-3-5-12(13)15(20)18-14/h3-6,10-11,16,19H,7-9H2,1-2H3,(H,17,18,20). The summed E-state index contributed by atoms with van der Waals surface area (Å²) in [6, 6.07) is 7.29. The van der Waals surface area contributed by atoms with Crippen molar-refractivity contribution in [1.82, 2.24) is 15.3 Å². The molecule has 1 aromatic heterocycles. The Balaban J connectivity index is 2.12. The van der Waals surface area contributed by atoms with Crippen molar-refractivity contribution in [3.05, 3.63) is 40.4 Å². The number of hydrogen-bond acceptors (Lipinski definition) is 4. The lowest BCUT2D eigenvalue weighted by molar-refractivity contribution is 0.223. The third kappa shape index (κ3) is 3.65. The number of benzene rings is 1. The number of aromatic amines is 1. The van der Waals surface area contributed by atoms with E-state index in [2.05, 4.69) is 29.1 Å². The van der Waals surface area contributed by atoms with Crippen molar-refractivity contribution in [3.63, 3.8) is 0 Å². The number of H-pyrrole nitrogens is 1. The maximum absolute atomic E-state index is 11.9. The summed E-state index contributed by atoms with van der Waals surface area (Å²) in [5.74, 6) is 1.10. The highest BCUT2D eigenvalue weighted by Gasteiger charge is 2.10. The molecule has 108 valence electrons. The van der Waals surface area contributed by atoms with Gasteiger partial charge in [-0.25, -0.2) is 4.98 Å². The molecular formula is C15H21N3O2. The first-order valence-corrected chi connectivity index (χ1v) is 6.92. The van der Waals surface area contributed by atoms with Crippen LogP contribution in [0.4, 0.5) is 0 Å². The predicted molar refractivity (Wildman–Crippen MR) is 79.5 cm³/mol. The van der Waals surface area contributed by atoms with Gasteiger partial charge in [-0.2, -0.15) is 0 Å². The molecule has 3 N–H and O–H groups in total. The fraction of sp³-hybridized carbons (Fsp3) is 0.467. The fourth-order valence-electron chi connectivity index (χ4n) is 2.25. The Kier molecular flexibility index (Phi) is 4.87. The molecule has 1 heterocycles. The molecule has 5 nitrogen and oxygen atoms in total. The molecule has 2 rings (SSSR count). The number of aromatic nitrogens is 2. The number of nitrogens with one attached hydrogen (secondary N) is 2. The molecule has 1 atom stereocenters. The molecular weight excluding hydrogens is 254 g/mol. The molecule has 1 unspecified atom stereocenters. The van der Waals surface area contributed by atoms with Gasteiger partial charge in [-0.15, -0.1) is 0 Å². The first-order valence-electron chi connectivity index (χ1n) is 6.92. The highest BCUT2D eigenvalue weighted by molar-refractivity contribution is 5.77. The zero-order valence-electron chi connectivity index (χ0n) is 11.9. The van der Waals surface area contributed by atoms with Gasteiger partial charge in [0.2, 0.25) is 0 Å². The molecule has 0 saturated carbocycles. The van der Waals surface area contributed by atoms with Gasteiger partial charge in [0.05, 0.1) is 24.1 Å². The Bertz CT molecular complexity index is 622. The molecule has 0 fully saturated rings. The average Bonchev–Trinajstić information content (AvgIpc) is 2.43. The summed E-state index contributed by atoms with van der Waals surface area (Å²) in [5.41, 5.74) is 0.564. The fourth-order valence-corrected chi connectivity index (χ4v) is 2.25. The number of rotatable bonds is 6. The molecule has 0 amide bonds. The molecule has 0 aliphatic rings. The Morgan fingerprint density at radius 2 is 2.10 bits per heavy atom. The molecule has 2 aromatic rings. The van der Waals surface area contributed by atoms with Crippen LogP contribution in [0.5, 0.6) is 0 Å². The molecule has 0 saturated heterocycles. The van der Waals surface area contributed by atoms with Crippen LogP contribution in [0.2, 0.25) is 0 Å². The first kappa shape index (κ1) is 14.7. The minimum atomic E-state index is -0.128. The van der Waals surface area contributed by atoms with E-state index >= 15 is 0 Å². The van der Waals surface area contributed by atoms with Crippen LogP contribution in [0.15, 0.2) is 29.1 Å². The second-order valence-corrected chi connectivity index (χ2v) is 5.42. The zero-order chi connectivity index (χ0) is 14.5. The summed E-state index contributed by atoms with van der Waals surface area (Å²) in [4.78, 5) is 19.1. The Labute approximate surface area is 118 Å². The van der Waals surface area contributed by atoms with Crippen molar-refractivity contribution < 1.29 is 5.11 Å². The van der Waals surface area contributed by atoms with Crippen molar-refractivity contribution in [1.29, 1.82) is 0 Å². The monoisotopic (exact) mass is 275 g/mol. The summed E-state index contributed by atoms with van der Waals surface area (Å²) in [5, 5.41) is 13.1. The van der Waals surface area contributed by atoms with E-state index in [0.29, 0.717) is 29.2 Å². The number of fused-ring (bicyclic) bond motifs is 1. The molecule has 0 bridgehead atoms. The summed E-state index contributed by atoms with van der Waals surface area (Å²) in [6.45, 7) is 4.75. The summed E-state index contributed by atoms with van der Waals surface area (Å²) < 4.78 is 0. The van der Waals surface area contributed by atoms with E-state index in [-0.39, 0.29) is 18.2 Å². The lowest BCUT2D eigenvalue weighted by atomic mass is 10.0. The molecule has 0 aliphatic heterocycles. The van der Waals surface area contributed by atoms with Gasteiger partial charge >= 0.3 is 0 Å². The van der Waals surface area contributed by atoms with Crippen LogP contribution in [0, 0.1) is 5.92 Å². The van der Waals surface area contributed by atoms with Crippen molar-refractivity contribution in [3.8, 4) is 0 Å². The molecule has 0 aliphatic carbocycles. The van der Waals surface area contributed by atoms with E-state index in [9.17, 15) is 9.90 Å². The SMILES string of the molecule is CC(C)CC(CO)NCc1nc2ccccc2c(=O)[nH]1. The molecule has 20 heavy (non-hydrogen) atoms. The van der Waals surface area contributed by atoms with E-state index < -0.39 is 0 Å². The van der Waals surface area contributed by atoms with Crippen LogP contribution >= 0.6 is 0 Å². The third-order valence-corrected chi connectivity index (χ3v) is 3.20. The van der Waals surface area contributed by atoms with Crippen LogP contribution in [0.3, 0.4) is 0 Å². The highest BCUT2D eigenvalue weighted by Crippen LogP contribution is 2.07. The summed E-state index contributed by atoms with van der Waals surface area (Å²) >= 11 is 0. The second kappa shape index (κ2) is 6.63. The van der Waals surface area contributed by atoms with E-state index in [1.165, 1.54) is 0 Å². The predicted octanol–water partition coefficient (Wildman–Crippen LogP) is 1.42. The van der Waals surface area contributed by atoms with E-state index in [4.69, 9.17) is 0 Å². The van der Waals surface area contributed by atoms with Gasteiger partial charge in [-0.1, -0.05) is 26.0 Å². The van der Waals surface area contributed by atoms with E-state index in [0.717, 1.165) is 6.42 Å². The van der Waals surface area contributed by atoms with Gasteiger partial charge in [-0.05, 0) is 24.5 Å². The maximum atomic E-state index is 11.9. The van der Waals surface area contributed by atoms with E-state index in [1.807, 2.05) is 18.2 Å². The number of para-hydroxylation sites is 1. The zero-order valence-corrected chi connectivity index (χ0v) is 11.9. The van der Waals surface area contributed by atoms with Crippen molar-refractivity contribution in [2.45, 2.75) is 32.9 Å². The number of nitrogens with zero attached hydrogens (tertiary/aromatic N) is 1. The van der Waals surface area contributed by atoms with Gasteiger partial charge in [0, 0.05) is 6.04 Å². The minimum Gasteiger partial charge on any atom is -0.395 e. The largest absolute Gasteiger partial charge is 0.395 e.